The fraction of sp³-hybridized carbons (Fsp3) is 0.222. The van der Waals surface area contributed by atoms with Gasteiger partial charge in [-0.1, -0.05) is 6.07 Å². The first-order valence-corrected chi connectivity index (χ1v) is 4.66. The number of nitrogens with zero attached hydrogens (tertiary/aromatic N) is 1. The molecule has 2 rings (SSSR count). The first kappa shape index (κ1) is 7.71. The zero-order chi connectivity index (χ0) is 8.55. The molecule has 0 unspecified atom stereocenters. The van der Waals surface area contributed by atoms with Crippen LogP contribution in [0.25, 0.3) is 10.2 Å². The number of thiazole rings is 1. The monoisotopic (exact) mass is 179 g/mol. The van der Waals surface area contributed by atoms with E-state index in [1.807, 2.05) is 23.7 Å². The van der Waals surface area contributed by atoms with Gasteiger partial charge in [0, 0.05) is 0 Å². The average Bonchev–Trinajstić information content (AvgIpc) is 2.49. The first-order chi connectivity index (χ1) is 5.77. The summed E-state index contributed by atoms with van der Waals surface area (Å²) in [6, 6.07) is 5.83. The molecule has 62 valence electrons. The molecule has 0 fully saturated rings. The Bertz CT molecular complexity index is 394. The summed E-state index contributed by atoms with van der Waals surface area (Å²) in [4.78, 5) is 4.16. The smallest absolute Gasteiger partial charge is 0.0812 e. The highest BCUT2D eigenvalue weighted by molar-refractivity contribution is 7.16. The maximum absolute atomic E-state index is 9.30. The molecule has 0 saturated carbocycles. The Hall–Kier alpha value is -0.930. The van der Waals surface area contributed by atoms with E-state index in [1.54, 1.807) is 18.3 Å². The number of aliphatic hydroxyl groups excluding tert-OH is 1. The number of aliphatic hydroxyl groups is 1. The normalized spacial score (nSPS) is 13.5. The first-order valence-electron chi connectivity index (χ1n) is 3.78. The minimum Gasteiger partial charge on any atom is -0.389 e. The molecule has 1 atom stereocenters. The second-order valence-corrected chi connectivity index (χ2v) is 3.64. The van der Waals surface area contributed by atoms with Crippen molar-refractivity contribution in [2.24, 2.45) is 0 Å². The molecule has 1 aromatic heterocycles. The van der Waals surface area contributed by atoms with Gasteiger partial charge in [-0.2, -0.15) is 0 Å². The Morgan fingerprint density at radius 1 is 1.50 bits per heavy atom. The maximum Gasteiger partial charge on any atom is 0.0812 e. The van der Waals surface area contributed by atoms with Crippen LogP contribution in [0.2, 0.25) is 0 Å². The Morgan fingerprint density at radius 3 is 3.08 bits per heavy atom. The predicted octanol–water partition coefficient (Wildman–Crippen LogP) is 2.35. The minimum absolute atomic E-state index is 0.392. The van der Waals surface area contributed by atoms with Crippen molar-refractivity contribution in [3.8, 4) is 0 Å². The summed E-state index contributed by atoms with van der Waals surface area (Å²) in [5.74, 6) is 0. The fourth-order valence-electron chi connectivity index (χ4n) is 1.13. The number of rotatable bonds is 1. The van der Waals surface area contributed by atoms with Crippen LogP contribution < -0.4 is 0 Å². The Balaban J connectivity index is 2.60. The van der Waals surface area contributed by atoms with Gasteiger partial charge < -0.3 is 5.11 Å². The highest BCUT2D eigenvalue weighted by Crippen LogP contribution is 2.22. The van der Waals surface area contributed by atoms with E-state index < -0.39 is 6.10 Å². The number of fused-ring (bicyclic) bond motifs is 1. The van der Waals surface area contributed by atoms with Crippen molar-refractivity contribution >= 4 is 21.6 Å². The van der Waals surface area contributed by atoms with Crippen LogP contribution in [0.1, 0.15) is 18.6 Å². The van der Waals surface area contributed by atoms with E-state index in [9.17, 15) is 5.11 Å². The van der Waals surface area contributed by atoms with Gasteiger partial charge in [0.2, 0.25) is 0 Å². The van der Waals surface area contributed by atoms with Gasteiger partial charge in [-0.15, -0.1) is 11.3 Å². The summed E-state index contributed by atoms with van der Waals surface area (Å²) in [6.07, 6.45) is -0.392. The number of aromatic nitrogens is 1. The highest BCUT2D eigenvalue weighted by Gasteiger charge is 2.02. The summed E-state index contributed by atoms with van der Waals surface area (Å²) >= 11 is 1.60. The second-order valence-electron chi connectivity index (χ2n) is 2.76. The van der Waals surface area contributed by atoms with Crippen LogP contribution in [0.15, 0.2) is 23.7 Å². The van der Waals surface area contributed by atoms with Crippen LogP contribution in [-0.2, 0) is 0 Å². The molecule has 2 aromatic rings. The maximum atomic E-state index is 9.30. The van der Waals surface area contributed by atoms with Gasteiger partial charge in [-0.05, 0) is 24.6 Å². The molecule has 1 N–H and O–H groups in total. The molecular formula is C9H9NOS. The molecular weight excluding hydrogens is 170 g/mol. The lowest BCUT2D eigenvalue weighted by atomic mass is 10.1. The summed E-state index contributed by atoms with van der Waals surface area (Å²) in [5.41, 5.74) is 3.77. The second kappa shape index (κ2) is 2.84. The molecule has 0 spiro atoms. The van der Waals surface area contributed by atoms with Gasteiger partial charge in [0.05, 0.1) is 21.8 Å². The van der Waals surface area contributed by atoms with E-state index in [4.69, 9.17) is 0 Å². The van der Waals surface area contributed by atoms with Gasteiger partial charge in [-0.3, -0.25) is 0 Å². The van der Waals surface area contributed by atoms with Crippen LogP contribution in [0.5, 0.6) is 0 Å². The molecule has 0 aliphatic heterocycles. The van der Waals surface area contributed by atoms with Crippen molar-refractivity contribution in [3.05, 3.63) is 29.3 Å². The van der Waals surface area contributed by atoms with Gasteiger partial charge in [0.15, 0.2) is 0 Å². The van der Waals surface area contributed by atoms with E-state index in [1.165, 1.54) is 0 Å². The molecule has 0 radical (unpaired) electrons. The van der Waals surface area contributed by atoms with Gasteiger partial charge in [0.25, 0.3) is 0 Å². The third-order valence-corrected chi connectivity index (χ3v) is 2.63. The van der Waals surface area contributed by atoms with Crippen molar-refractivity contribution in [1.29, 1.82) is 0 Å². The Morgan fingerprint density at radius 2 is 2.33 bits per heavy atom. The van der Waals surface area contributed by atoms with E-state index in [2.05, 4.69) is 4.98 Å². The molecule has 0 bridgehead atoms. The molecule has 1 heterocycles. The van der Waals surface area contributed by atoms with E-state index in [-0.39, 0.29) is 0 Å². The number of hydrogen-bond acceptors (Lipinski definition) is 3. The summed E-state index contributed by atoms with van der Waals surface area (Å²) < 4.78 is 1.13. The van der Waals surface area contributed by atoms with Crippen molar-refractivity contribution in [2.45, 2.75) is 13.0 Å². The standard InChI is InChI=1S/C9H9NOS/c1-6(11)7-2-3-8-9(4-7)12-5-10-8/h2-6,11H,1H3/t6-/m1/s1. The van der Waals surface area contributed by atoms with E-state index in [0.29, 0.717) is 0 Å². The molecule has 0 aliphatic carbocycles. The molecule has 0 aliphatic rings. The van der Waals surface area contributed by atoms with Crippen molar-refractivity contribution < 1.29 is 5.11 Å². The topological polar surface area (TPSA) is 33.1 Å². The van der Waals surface area contributed by atoms with E-state index >= 15 is 0 Å². The largest absolute Gasteiger partial charge is 0.389 e. The van der Waals surface area contributed by atoms with Gasteiger partial charge in [-0.25, -0.2) is 4.98 Å². The molecule has 3 heteroatoms. The third-order valence-electron chi connectivity index (χ3n) is 1.84. The van der Waals surface area contributed by atoms with Crippen molar-refractivity contribution in [1.82, 2.24) is 4.98 Å². The lowest BCUT2D eigenvalue weighted by Crippen LogP contribution is -1.88. The lowest BCUT2D eigenvalue weighted by molar-refractivity contribution is 0.199. The lowest BCUT2D eigenvalue weighted by Gasteiger charge is -2.02. The number of hydrogen-bond donors (Lipinski definition) is 1. The number of benzene rings is 1. The molecule has 1 aromatic carbocycles. The van der Waals surface area contributed by atoms with Crippen LogP contribution in [0.4, 0.5) is 0 Å². The minimum atomic E-state index is -0.392. The Labute approximate surface area is 74.5 Å². The zero-order valence-corrected chi connectivity index (χ0v) is 7.51. The quantitative estimate of drug-likeness (QED) is 0.729. The van der Waals surface area contributed by atoms with Crippen molar-refractivity contribution in [3.63, 3.8) is 0 Å². The van der Waals surface area contributed by atoms with Crippen LogP contribution in [0.3, 0.4) is 0 Å². The zero-order valence-electron chi connectivity index (χ0n) is 6.69. The van der Waals surface area contributed by atoms with E-state index in [0.717, 1.165) is 15.8 Å². The van der Waals surface area contributed by atoms with Gasteiger partial charge in [0.1, 0.15) is 0 Å². The molecule has 12 heavy (non-hydrogen) atoms. The summed E-state index contributed by atoms with van der Waals surface area (Å²) in [5, 5.41) is 9.30. The summed E-state index contributed by atoms with van der Waals surface area (Å²) in [7, 11) is 0. The molecule has 0 amide bonds. The Kier molecular flexibility index (Phi) is 1.83. The van der Waals surface area contributed by atoms with Crippen molar-refractivity contribution in [2.75, 3.05) is 0 Å². The fourth-order valence-corrected chi connectivity index (χ4v) is 1.86. The third kappa shape index (κ3) is 1.21. The molecule has 2 nitrogen and oxygen atoms in total. The van der Waals surface area contributed by atoms with Crippen LogP contribution in [-0.4, -0.2) is 10.1 Å². The highest BCUT2D eigenvalue weighted by atomic mass is 32.1. The average molecular weight is 179 g/mol. The SMILES string of the molecule is C[C@@H](O)c1ccc2ncsc2c1. The van der Waals surface area contributed by atoms with Gasteiger partial charge >= 0.3 is 0 Å². The predicted molar refractivity (Wildman–Crippen MR) is 50.3 cm³/mol. The summed E-state index contributed by atoms with van der Waals surface area (Å²) in [6.45, 7) is 1.77. The van der Waals surface area contributed by atoms with Crippen LogP contribution in [0, 0.1) is 0 Å². The molecule has 0 saturated heterocycles. The van der Waals surface area contributed by atoms with Crippen LogP contribution >= 0.6 is 11.3 Å².